The molecular formula is C18H22BN2P. The van der Waals surface area contributed by atoms with Crippen molar-refractivity contribution in [3.8, 4) is 0 Å². The lowest BCUT2D eigenvalue weighted by Crippen LogP contribution is -2.21. The maximum absolute atomic E-state index is 6.34. The van der Waals surface area contributed by atoms with Crippen molar-refractivity contribution in [1.29, 1.82) is 0 Å². The van der Waals surface area contributed by atoms with Gasteiger partial charge in [-0.1, -0.05) is 30.9 Å². The minimum atomic E-state index is 0.428. The fourth-order valence-electron chi connectivity index (χ4n) is 3.50. The van der Waals surface area contributed by atoms with E-state index in [2.05, 4.69) is 53.4 Å². The molecule has 1 aliphatic carbocycles. The van der Waals surface area contributed by atoms with Crippen LogP contribution in [0, 0.1) is 0 Å². The van der Waals surface area contributed by atoms with Gasteiger partial charge in [0.1, 0.15) is 7.85 Å². The van der Waals surface area contributed by atoms with Crippen LogP contribution in [0.4, 0.5) is 0 Å². The normalized spacial score (nSPS) is 14.6. The second-order valence-electron chi connectivity index (χ2n) is 6.54. The quantitative estimate of drug-likeness (QED) is 0.616. The summed E-state index contributed by atoms with van der Waals surface area (Å²) in [7, 11) is 11.2. The Hall–Kier alpha value is -1.34. The summed E-state index contributed by atoms with van der Waals surface area (Å²) in [5.41, 5.74) is 8.50. The first-order chi connectivity index (χ1) is 10.4. The minimum Gasteiger partial charge on any atom is -0.275 e. The molecule has 2 aromatic rings. The number of fused-ring (bicyclic) bond motifs is 1. The van der Waals surface area contributed by atoms with E-state index in [4.69, 9.17) is 7.85 Å². The number of aromatic nitrogens is 2. The molecule has 1 aliphatic rings. The number of rotatable bonds is 2. The van der Waals surface area contributed by atoms with E-state index in [0.717, 1.165) is 18.3 Å². The Balaban J connectivity index is 2.18. The topological polar surface area (TPSA) is 17.8 Å². The van der Waals surface area contributed by atoms with Crippen molar-refractivity contribution in [2.24, 2.45) is 7.05 Å². The van der Waals surface area contributed by atoms with Gasteiger partial charge in [0.25, 0.3) is 0 Å². The molecule has 2 nitrogen and oxygen atoms in total. The molecule has 0 amide bonds. The van der Waals surface area contributed by atoms with Crippen molar-refractivity contribution in [2.75, 3.05) is 0 Å². The largest absolute Gasteiger partial charge is 0.275 e. The third-order valence-electron chi connectivity index (χ3n) is 4.45. The third kappa shape index (κ3) is 2.56. The molecule has 1 aromatic heterocycles. The lowest BCUT2D eigenvalue weighted by atomic mass is 9.80. The van der Waals surface area contributed by atoms with Gasteiger partial charge in [-0.3, -0.25) is 4.68 Å². The van der Waals surface area contributed by atoms with Gasteiger partial charge in [0, 0.05) is 18.8 Å². The fourth-order valence-corrected chi connectivity index (χ4v) is 4.18. The molecule has 3 rings (SSSR count). The Morgan fingerprint density at radius 2 is 2.00 bits per heavy atom. The summed E-state index contributed by atoms with van der Waals surface area (Å²) < 4.78 is 1.91. The average molecular weight is 308 g/mol. The zero-order valence-corrected chi connectivity index (χ0v) is 14.9. The zero-order chi connectivity index (χ0) is 16.0. The molecule has 0 N–H and O–H groups in total. The molecule has 0 aliphatic heterocycles. The van der Waals surface area contributed by atoms with E-state index in [9.17, 15) is 0 Å². The first-order valence-electron chi connectivity index (χ1n) is 7.80. The van der Waals surface area contributed by atoms with Crippen LogP contribution in [0.1, 0.15) is 55.5 Å². The number of aryl methyl sites for hydroxylation is 2. The smallest absolute Gasteiger partial charge is 0.114 e. The first kappa shape index (κ1) is 15.6. The maximum Gasteiger partial charge on any atom is 0.114 e. The highest BCUT2D eigenvalue weighted by atomic mass is 31.0. The number of allylic oxidation sites excluding steroid dienone is 1. The van der Waals surface area contributed by atoms with Crippen molar-refractivity contribution in [2.45, 2.75) is 39.5 Å². The number of benzene rings is 1. The summed E-state index contributed by atoms with van der Waals surface area (Å²) in [5.74, 6) is 0.428. The van der Waals surface area contributed by atoms with Crippen LogP contribution in [0.25, 0.3) is 5.57 Å². The highest BCUT2D eigenvalue weighted by Crippen LogP contribution is 2.35. The van der Waals surface area contributed by atoms with Gasteiger partial charge in [-0.2, -0.15) is 5.10 Å². The molecule has 2 radical (unpaired) electrons. The minimum absolute atomic E-state index is 0.428. The Morgan fingerprint density at radius 1 is 1.27 bits per heavy atom. The van der Waals surface area contributed by atoms with E-state index < -0.39 is 0 Å². The van der Waals surface area contributed by atoms with Gasteiger partial charge in [-0.15, -0.1) is 9.24 Å². The summed E-state index contributed by atoms with van der Waals surface area (Å²) in [6.45, 7) is 6.59. The van der Waals surface area contributed by atoms with Crippen molar-refractivity contribution in [3.63, 3.8) is 0 Å². The fraction of sp³-hybridized carbons (Fsp3) is 0.389. The second kappa shape index (κ2) is 5.70. The molecule has 22 heavy (non-hydrogen) atoms. The van der Waals surface area contributed by atoms with Crippen molar-refractivity contribution < 1.29 is 0 Å². The van der Waals surface area contributed by atoms with Gasteiger partial charge >= 0.3 is 0 Å². The van der Waals surface area contributed by atoms with Crippen molar-refractivity contribution in [3.05, 3.63) is 46.3 Å². The van der Waals surface area contributed by atoms with Crippen LogP contribution >= 0.6 is 9.24 Å². The van der Waals surface area contributed by atoms with Gasteiger partial charge < -0.3 is 0 Å². The Labute approximate surface area is 136 Å². The van der Waals surface area contributed by atoms with Crippen LogP contribution in [0.3, 0.4) is 0 Å². The van der Waals surface area contributed by atoms with E-state index >= 15 is 0 Å². The molecule has 112 valence electrons. The molecule has 0 bridgehead atoms. The SMILES string of the molecule is [B]c1cc(C2=C(C)CCc3nn(C)cc32)cc(P)c1C(C)C. The van der Waals surface area contributed by atoms with E-state index in [1.165, 1.54) is 38.8 Å². The van der Waals surface area contributed by atoms with Crippen LogP contribution in [0.5, 0.6) is 0 Å². The Morgan fingerprint density at radius 3 is 2.64 bits per heavy atom. The number of hydrogen-bond acceptors (Lipinski definition) is 1. The summed E-state index contributed by atoms with van der Waals surface area (Å²) in [4.78, 5) is 0. The zero-order valence-electron chi connectivity index (χ0n) is 13.8. The van der Waals surface area contributed by atoms with Crippen molar-refractivity contribution >= 4 is 33.4 Å². The molecule has 1 heterocycles. The standard InChI is InChI=1S/C18H22BN2P/c1-10(2)17-14(19)7-12(8-16(17)22)18-11(3)5-6-15-13(18)9-21(4)20-15/h7-10H,5-6,22H2,1-4H3. The van der Waals surface area contributed by atoms with Crippen LogP contribution < -0.4 is 10.8 Å². The Bertz CT molecular complexity index is 748. The summed E-state index contributed by atoms with van der Waals surface area (Å²) in [6.07, 6.45) is 4.22. The van der Waals surface area contributed by atoms with Gasteiger partial charge in [-0.05, 0) is 53.8 Å². The third-order valence-corrected chi connectivity index (χ3v) is 4.93. The summed E-state index contributed by atoms with van der Waals surface area (Å²) in [5, 5.41) is 5.79. The van der Waals surface area contributed by atoms with Gasteiger partial charge in [0.05, 0.1) is 5.69 Å². The molecule has 1 unspecified atom stereocenters. The van der Waals surface area contributed by atoms with E-state index in [-0.39, 0.29) is 0 Å². The lowest BCUT2D eigenvalue weighted by molar-refractivity contribution is 0.735. The Kier molecular flexibility index (Phi) is 4.03. The molecule has 1 aromatic carbocycles. The van der Waals surface area contributed by atoms with E-state index in [1.807, 2.05) is 11.7 Å². The van der Waals surface area contributed by atoms with E-state index in [1.54, 1.807) is 0 Å². The van der Waals surface area contributed by atoms with Crippen molar-refractivity contribution in [1.82, 2.24) is 9.78 Å². The highest BCUT2D eigenvalue weighted by molar-refractivity contribution is 7.27. The number of hydrogen-bond donors (Lipinski definition) is 0. The summed E-state index contributed by atoms with van der Waals surface area (Å²) >= 11 is 0. The van der Waals surface area contributed by atoms with Gasteiger partial charge in [0.2, 0.25) is 0 Å². The predicted octanol–water partition coefficient (Wildman–Crippen LogP) is 2.61. The van der Waals surface area contributed by atoms with Gasteiger partial charge in [0.15, 0.2) is 0 Å². The lowest BCUT2D eigenvalue weighted by Gasteiger charge is -2.21. The molecular weight excluding hydrogens is 286 g/mol. The van der Waals surface area contributed by atoms with Crippen LogP contribution in [-0.4, -0.2) is 17.6 Å². The molecule has 0 spiro atoms. The molecule has 1 atom stereocenters. The highest BCUT2D eigenvalue weighted by Gasteiger charge is 2.22. The van der Waals surface area contributed by atoms with Gasteiger partial charge in [-0.25, -0.2) is 0 Å². The average Bonchev–Trinajstić information content (AvgIpc) is 2.77. The van der Waals surface area contributed by atoms with Crippen LogP contribution in [-0.2, 0) is 13.5 Å². The number of nitrogens with zero attached hydrogens (tertiary/aromatic N) is 2. The molecule has 0 saturated heterocycles. The first-order valence-corrected chi connectivity index (χ1v) is 8.38. The van der Waals surface area contributed by atoms with Crippen LogP contribution in [0.2, 0.25) is 0 Å². The van der Waals surface area contributed by atoms with Crippen LogP contribution in [0.15, 0.2) is 23.9 Å². The molecule has 0 saturated carbocycles. The predicted molar refractivity (Wildman–Crippen MR) is 98.5 cm³/mol. The second-order valence-corrected chi connectivity index (χ2v) is 7.16. The molecule has 4 heteroatoms. The monoisotopic (exact) mass is 308 g/mol. The summed E-state index contributed by atoms with van der Waals surface area (Å²) in [6, 6.07) is 4.38. The maximum atomic E-state index is 6.34. The van der Waals surface area contributed by atoms with E-state index in [0.29, 0.717) is 5.92 Å². The molecule has 0 fully saturated rings.